The predicted molar refractivity (Wildman–Crippen MR) is 144 cm³/mol. The molecule has 1 unspecified atom stereocenters. The Hall–Kier alpha value is -2.14. The summed E-state index contributed by atoms with van der Waals surface area (Å²) in [6.07, 6.45) is 7.15. The highest BCUT2D eigenvalue weighted by Gasteiger charge is 2.15. The number of guanidine groups is 1. The number of benzene rings is 1. The van der Waals surface area contributed by atoms with E-state index >= 15 is 0 Å². The first kappa shape index (κ1) is 24.5. The molecule has 3 heterocycles. The Balaban J connectivity index is 0.00000289. The van der Waals surface area contributed by atoms with E-state index in [4.69, 9.17) is 9.98 Å². The number of aromatic nitrogens is 3. The smallest absolute Gasteiger partial charge is 0.191 e. The lowest BCUT2D eigenvalue weighted by atomic mass is 10.1. The SMILES string of the molecule is CCNC(=NCCc1csc(N2CCCC2)n1)NC(C)c1cccc(-n2cccn2)c1.I. The molecule has 3 aromatic rings. The second kappa shape index (κ2) is 12.2. The fraction of sp³-hybridized carbons (Fsp3) is 0.435. The van der Waals surface area contributed by atoms with E-state index in [9.17, 15) is 0 Å². The van der Waals surface area contributed by atoms with Gasteiger partial charge >= 0.3 is 0 Å². The van der Waals surface area contributed by atoms with Crippen molar-refractivity contribution in [3.8, 4) is 5.69 Å². The summed E-state index contributed by atoms with van der Waals surface area (Å²) in [5.41, 5.74) is 3.37. The quantitative estimate of drug-likeness (QED) is 0.241. The van der Waals surface area contributed by atoms with Crippen molar-refractivity contribution >= 4 is 46.4 Å². The summed E-state index contributed by atoms with van der Waals surface area (Å²) < 4.78 is 1.87. The van der Waals surface area contributed by atoms with Crippen molar-refractivity contribution in [3.63, 3.8) is 0 Å². The normalized spacial score (nSPS) is 14.8. The van der Waals surface area contributed by atoms with E-state index in [2.05, 4.69) is 64.1 Å². The molecule has 4 rings (SSSR count). The largest absolute Gasteiger partial charge is 0.357 e. The van der Waals surface area contributed by atoms with Crippen molar-refractivity contribution in [2.45, 2.75) is 39.2 Å². The topological polar surface area (TPSA) is 70.4 Å². The summed E-state index contributed by atoms with van der Waals surface area (Å²) in [7, 11) is 0. The zero-order chi connectivity index (χ0) is 21.5. The molecule has 1 aromatic carbocycles. The summed E-state index contributed by atoms with van der Waals surface area (Å²) in [4.78, 5) is 12.0. The Morgan fingerprint density at radius 2 is 2.09 bits per heavy atom. The first-order valence-corrected chi connectivity index (χ1v) is 11.9. The Kier molecular flexibility index (Phi) is 9.34. The fourth-order valence-corrected chi connectivity index (χ4v) is 4.63. The van der Waals surface area contributed by atoms with Gasteiger partial charge in [0.25, 0.3) is 0 Å². The van der Waals surface area contributed by atoms with Gasteiger partial charge in [-0.05, 0) is 50.5 Å². The van der Waals surface area contributed by atoms with Gasteiger partial charge in [-0.1, -0.05) is 12.1 Å². The Labute approximate surface area is 211 Å². The van der Waals surface area contributed by atoms with E-state index in [1.807, 2.05) is 16.9 Å². The van der Waals surface area contributed by atoms with Crippen molar-refractivity contribution in [3.05, 3.63) is 59.4 Å². The maximum Gasteiger partial charge on any atom is 0.191 e. The van der Waals surface area contributed by atoms with Gasteiger partial charge in [0.1, 0.15) is 0 Å². The molecular weight excluding hydrogens is 533 g/mol. The number of hydrogen-bond acceptors (Lipinski definition) is 5. The number of aliphatic imine (C=N–C) groups is 1. The molecule has 1 fully saturated rings. The number of thiazole rings is 1. The second-order valence-electron chi connectivity index (χ2n) is 7.74. The van der Waals surface area contributed by atoms with Gasteiger partial charge in [0.05, 0.1) is 17.4 Å². The van der Waals surface area contributed by atoms with Crippen molar-refractivity contribution < 1.29 is 0 Å². The highest BCUT2D eigenvalue weighted by Crippen LogP contribution is 2.24. The molecule has 2 N–H and O–H groups in total. The molecule has 1 aliphatic heterocycles. The first-order valence-electron chi connectivity index (χ1n) is 11.1. The van der Waals surface area contributed by atoms with Gasteiger partial charge in [0, 0.05) is 50.4 Å². The maximum absolute atomic E-state index is 4.80. The van der Waals surface area contributed by atoms with Crippen LogP contribution in [0, 0.1) is 0 Å². The highest BCUT2D eigenvalue weighted by atomic mass is 127. The maximum atomic E-state index is 4.80. The molecule has 172 valence electrons. The van der Waals surface area contributed by atoms with Crippen LogP contribution in [0.5, 0.6) is 0 Å². The lowest BCUT2D eigenvalue weighted by molar-refractivity contribution is 0.684. The van der Waals surface area contributed by atoms with Crippen LogP contribution >= 0.6 is 35.3 Å². The highest BCUT2D eigenvalue weighted by molar-refractivity contribution is 14.0. The Morgan fingerprint density at radius 3 is 2.84 bits per heavy atom. The Morgan fingerprint density at radius 1 is 1.25 bits per heavy atom. The average Bonchev–Trinajstić information content (AvgIpc) is 3.56. The summed E-state index contributed by atoms with van der Waals surface area (Å²) >= 11 is 1.75. The molecule has 0 aliphatic carbocycles. The minimum Gasteiger partial charge on any atom is -0.357 e. The zero-order valence-electron chi connectivity index (χ0n) is 18.7. The molecule has 0 saturated carbocycles. The van der Waals surface area contributed by atoms with E-state index in [0.29, 0.717) is 6.54 Å². The van der Waals surface area contributed by atoms with Gasteiger partial charge in [-0.3, -0.25) is 4.99 Å². The third kappa shape index (κ3) is 6.44. The van der Waals surface area contributed by atoms with E-state index in [-0.39, 0.29) is 30.0 Å². The van der Waals surface area contributed by atoms with Crippen LogP contribution in [0.15, 0.2) is 53.1 Å². The van der Waals surface area contributed by atoms with E-state index < -0.39 is 0 Å². The lowest BCUT2D eigenvalue weighted by Gasteiger charge is -2.19. The lowest BCUT2D eigenvalue weighted by Crippen LogP contribution is -2.38. The van der Waals surface area contributed by atoms with Crippen LogP contribution in [0.2, 0.25) is 0 Å². The first-order chi connectivity index (χ1) is 15.2. The molecule has 32 heavy (non-hydrogen) atoms. The third-order valence-electron chi connectivity index (χ3n) is 5.39. The summed E-state index contributed by atoms with van der Waals surface area (Å²) in [6.45, 7) is 8.04. The van der Waals surface area contributed by atoms with E-state index in [1.165, 1.54) is 18.4 Å². The van der Waals surface area contributed by atoms with Crippen molar-refractivity contribution in [1.82, 2.24) is 25.4 Å². The summed E-state index contributed by atoms with van der Waals surface area (Å²) in [5, 5.41) is 14.5. The molecule has 1 saturated heterocycles. The standard InChI is InChI=1S/C23H31N7S.HI/c1-3-24-22(25-12-10-20-17-31-23(28-20)29-13-4-5-14-29)27-18(2)19-8-6-9-21(16-19)30-15-7-11-26-30;/h6-9,11,15-18H,3-5,10,12-14H2,1-2H3,(H2,24,25,27);1H. The molecule has 0 bridgehead atoms. The molecule has 0 spiro atoms. The summed E-state index contributed by atoms with van der Waals surface area (Å²) in [5.74, 6) is 0.828. The third-order valence-corrected chi connectivity index (χ3v) is 6.34. The minimum absolute atomic E-state index is 0. The zero-order valence-corrected chi connectivity index (χ0v) is 21.8. The molecule has 1 aliphatic rings. The van der Waals surface area contributed by atoms with Crippen LogP contribution in [0.1, 0.15) is 44.0 Å². The predicted octanol–water partition coefficient (Wildman–Crippen LogP) is 4.41. The van der Waals surface area contributed by atoms with Crippen LogP contribution in [-0.4, -0.2) is 46.9 Å². The molecule has 7 nitrogen and oxygen atoms in total. The number of halogens is 1. The monoisotopic (exact) mass is 565 g/mol. The molecule has 0 radical (unpaired) electrons. The van der Waals surface area contributed by atoms with Gasteiger partial charge in [-0.15, -0.1) is 35.3 Å². The minimum atomic E-state index is 0. The number of rotatable bonds is 8. The van der Waals surface area contributed by atoms with Gasteiger partial charge in [0.15, 0.2) is 11.1 Å². The number of nitrogens with zero attached hydrogens (tertiary/aromatic N) is 5. The average molecular weight is 566 g/mol. The number of nitrogens with one attached hydrogen (secondary N) is 2. The van der Waals surface area contributed by atoms with Crippen molar-refractivity contribution in [1.29, 1.82) is 0 Å². The number of hydrogen-bond donors (Lipinski definition) is 2. The molecule has 9 heteroatoms. The molecule has 2 aromatic heterocycles. The van der Waals surface area contributed by atoms with Gasteiger partial charge in [0.2, 0.25) is 0 Å². The van der Waals surface area contributed by atoms with Gasteiger partial charge < -0.3 is 15.5 Å². The van der Waals surface area contributed by atoms with Crippen LogP contribution in [0.25, 0.3) is 5.69 Å². The van der Waals surface area contributed by atoms with Gasteiger partial charge in [-0.2, -0.15) is 5.10 Å². The Bertz CT molecular complexity index is 980. The second-order valence-corrected chi connectivity index (χ2v) is 8.57. The molecular formula is C23H32IN7S. The van der Waals surface area contributed by atoms with Crippen molar-refractivity contribution in [2.75, 3.05) is 31.1 Å². The van der Waals surface area contributed by atoms with Crippen LogP contribution in [0.3, 0.4) is 0 Å². The fourth-order valence-electron chi connectivity index (χ4n) is 3.71. The van der Waals surface area contributed by atoms with Crippen LogP contribution in [0.4, 0.5) is 5.13 Å². The number of anilines is 1. The molecule has 0 amide bonds. The summed E-state index contributed by atoms with van der Waals surface area (Å²) in [6, 6.07) is 10.5. The molecule has 1 atom stereocenters. The van der Waals surface area contributed by atoms with E-state index in [1.54, 1.807) is 17.5 Å². The van der Waals surface area contributed by atoms with Gasteiger partial charge in [-0.25, -0.2) is 9.67 Å². The van der Waals surface area contributed by atoms with Crippen molar-refractivity contribution in [2.24, 2.45) is 4.99 Å². The van der Waals surface area contributed by atoms with Crippen LogP contribution in [-0.2, 0) is 6.42 Å². The van der Waals surface area contributed by atoms with Crippen LogP contribution < -0.4 is 15.5 Å². The van der Waals surface area contributed by atoms with E-state index in [0.717, 1.165) is 48.5 Å².